The van der Waals surface area contributed by atoms with Gasteiger partial charge in [0.25, 0.3) is 0 Å². The Labute approximate surface area is 116 Å². The number of rotatable bonds is 1. The first kappa shape index (κ1) is 13.9. The molecule has 0 aliphatic carbocycles. The molecule has 0 amide bonds. The van der Waals surface area contributed by atoms with Crippen molar-refractivity contribution in [1.29, 1.82) is 0 Å². The molecular weight excluding hydrogens is 232 g/mol. The maximum absolute atomic E-state index is 4.50. The van der Waals surface area contributed by atoms with Crippen molar-refractivity contribution in [2.45, 2.75) is 52.4 Å². The van der Waals surface area contributed by atoms with Crippen molar-refractivity contribution in [1.82, 2.24) is 9.55 Å². The Hall–Kier alpha value is -1.57. The highest BCUT2D eigenvalue weighted by molar-refractivity contribution is 5.37. The van der Waals surface area contributed by atoms with Crippen molar-refractivity contribution in [3.63, 3.8) is 0 Å². The Morgan fingerprint density at radius 1 is 0.842 bits per heavy atom. The van der Waals surface area contributed by atoms with Crippen LogP contribution in [0.25, 0.3) is 5.69 Å². The Kier molecular flexibility index (Phi) is 3.29. The summed E-state index contributed by atoms with van der Waals surface area (Å²) in [5, 5.41) is 0. The lowest BCUT2D eigenvalue weighted by Gasteiger charge is -2.19. The van der Waals surface area contributed by atoms with Crippen molar-refractivity contribution < 1.29 is 0 Å². The molecule has 0 radical (unpaired) electrons. The van der Waals surface area contributed by atoms with Gasteiger partial charge in [-0.3, -0.25) is 0 Å². The Morgan fingerprint density at radius 3 is 1.84 bits per heavy atom. The molecule has 0 aliphatic rings. The zero-order chi connectivity index (χ0) is 14.3. The minimum absolute atomic E-state index is 0.0938. The summed E-state index contributed by atoms with van der Waals surface area (Å²) in [6.07, 6.45) is 4.01. The van der Waals surface area contributed by atoms with E-state index in [2.05, 4.69) is 81.6 Å². The number of hydrogen-bond acceptors (Lipinski definition) is 1. The van der Waals surface area contributed by atoms with E-state index in [0.717, 1.165) is 11.4 Å². The lowest BCUT2D eigenvalue weighted by atomic mass is 9.87. The van der Waals surface area contributed by atoms with Gasteiger partial charge in [0.2, 0.25) is 0 Å². The third-order valence-electron chi connectivity index (χ3n) is 3.38. The van der Waals surface area contributed by atoms with E-state index in [1.807, 2.05) is 6.33 Å². The third kappa shape index (κ3) is 3.06. The summed E-state index contributed by atoms with van der Waals surface area (Å²) in [5.41, 5.74) is 3.93. The van der Waals surface area contributed by atoms with E-state index >= 15 is 0 Å². The van der Waals surface area contributed by atoms with E-state index in [1.54, 1.807) is 0 Å². The largest absolute Gasteiger partial charge is 0.306 e. The lowest BCUT2D eigenvalue weighted by Crippen LogP contribution is -2.11. The van der Waals surface area contributed by atoms with E-state index in [0.29, 0.717) is 0 Å². The molecule has 1 heterocycles. The Morgan fingerprint density at radius 2 is 1.42 bits per heavy atom. The highest BCUT2D eigenvalue weighted by Crippen LogP contribution is 2.24. The van der Waals surface area contributed by atoms with Gasteiger partial charge in [0.15, 0.2) is 0 Å². The molecule has 0 fully saturated rings. The molecule has 2 rings (SSSR count). The first-order chi connectivity index (χ1) is 8.68. The molecule has 0 atom stereocenters. The fourth-order valence-electron chi connectivity index (χ4n) is 1.98. The van der Waals surface area contributed by atoms with Gasteiger partial charge in [-0.2, -0.15) is 0 Å². The predicted molar refractivity (Wildman–Crippen MR) is 81.0 cm³/mol. The average molecular weight is 256 g/mol. The molecular formula is C17H24N2. The fraction of sp³-hybridized carbons (Fsp3) is 0.471. The monoisotopic (exact) mass is 256 g/mol. The smallest absolute Gasteiger partial charge is 0.0995 e. The molecule has 2 nitrogen and oxygen atoms in total. The van der Waals surface area contributed by atoms with Gasteiger partial charge in [0, 0.05) is 17.3 Å². The lowest BCUT2D eigenvalue weighted by molar-refractivity contribution is 0.572. The van der Waals surface area contributed by atoms with E-state index in [9.17, 15) is 0 Å². The van der Waals surface area contributed by atoms with Gasteiger partial charge in [-0.05, 0) is 23.1 Å². The van der Waals surface area contributed by atoms with Gasteiger partial charge in [-0.1, -0.05) is 53.7 Å². The molecule has 0 bridgehead atoms. The number of benzene rings is 1. The van der Waals surface area contributed by atoms with Gasteiger partial charge in [-0.15, -0.1) is 0 Å². The molecule has 0 unspecified atom stereocenters. The van der Waals surface area contributed by atoms with Crippen LogP contribution in [-0.4, -0.2) is 9.55 Å². The molecule has 2 heteroatoms. The molecule has 0 aliphatic heterocycles. The summed E-state index contributed by atoms with van der Waals surface area (Å²) >= 11 is 0. The van der Waals surface area contributed by atoms with Gasteiger partial charge in [-0.25, -0.2) is 4.98 Å². The van der Waals surface area contributed by atoms with Gasteiger partial charge in [0.05, 0.1) is 12.0 Å². The van der Waals surface area contributed by atoms with Crippen LogP contribution in [0.3, 0.4) is 0 Å². The van der Waals surface area contributed by atoms with Gasteiger partial charge < -0.3 is 4.57 Å². The van der Waals surface area contributed by atoms with Crippen LogP contribution in [0.15, 0.2) is 36.8 Å². The summed E-state index contributed by atoms with van der Waals surface area (Å²) in [6.45, 7) is 13.2. The van der Waals surface area contributed by atoms with Crippen LogP contribution in [0.2, 0.25) is 0 Å². The van der Waals surface area contributed by atoms with Gasteiger partial charge in [0.1, 0.15) is 0 Å². The second kappa shape index (κ2) is 4.52. The zero-order valence-corrected chi connectivity index (χ0v) is 12.9. The minimum Gasteiger partial charge on any atom is -0.306 e. The minimum atomic E-state index is 0.0938. The van der Waals surface area contributed by atoms with Gasteiger partial charge >= 0.3 is 0 Å². The fourth-order valence-corrected chi connectivity index (χ4v) is 1.98. The molecule has 1 aromatic heterocycles. The van der Waals surface area contributed by atoms with Crippen LogP contribution in [0.4, 0.5) is 0 Å². The second-order valence-corrected chi connectivity index (χ2v) is 7.21. The third-order valence-corrected chi connectivity index (χ3v) is 3.38. The summed E-state index contributed by atoms with van der Waals surface area (Å²) < 4.78 is 2.09. The van der Waals surface area contributed by atoms with Crippen LogP contribution in [0, 0.1) is 0 Å². The van der Waals surface area contributed by atoms with E-state index in [4.69, 9.17) is 0 Å². The summed E-state index contributed by atoms with van der Waals surface area (Å²) in [7, 11) is 0. The van der Waals surface area contributed by atoms with Crippen LogP contribution >= 0.6 is 0 Å². The highest BCUT2D eigenvalue weighted by atomic mass is 15.0. The van der Waals surface area contributed by atoms with Crippen molar-refractivity contribution in [3.05, 3.63) is 48.0 Å². The van der Waals surface area contributed by atoms with Crippen LogP contribution < -0.4 is 0 Å². The average Bonchev–Trinajstić information content (AvgIpc) is 2.77. The summed E-state index contributed by atoms with van der Waals surface area (Å²) in [6, 6.07) is 8.72. The Balaban J connectivity index is 2.31. The van der Waals surface area contributed by atoms with Crippen molar-refractivity contribution in [2.75, 3.05) is 0 Å². The van der Waals surface area contributed by atoms with Crippen LogP contribution in [0.5, 0.6) is 0 Å². The molecule has 19 heavy (non-hydrogen) atoms. The standard InChI is InChI=1S/C17H24N2/c1-16(2,3)13-7-9-14(10-8-13)19-11-15(18-12-19)17(4,5)6/h7-12H,1-6H3. The second-order valence-electron chi connectivity index (χ2n) is 7.21. The van der Waals surface area contributed by atoms with E-state index in [1.165, 1.54) is 5.56 Å². The maximum Gasteiger partial charge on any atom is 0.0995 e. The number of hydrogen-bond donors (Lipinski definition) is 0. The normalized spacial score (nSPS) is 12.7. The first-order valence-electron chi connectivity index (χ1n) is 6.83. The van der Waals surface area contributed by atoms with Crippen molar-refractivity contribution >= 4 is 0 Å². The summed E-state index contributed by atoms with van der Waals surface area (Å²) in [5.74, 6) is 0. The molecule has 1 aromatic carbocycles. The van der Waals surface area contributed by atoms with Crippen molar-refractivity contribution in [3.8, 4) is 5.69 Å². The quantitative estimate of drug-likeness (QED) is 0.736. The SMILES string of the molecule is CC(C)(C)c1ccc(-n2cnc(C(C)(C)C)c2)cc1. The molecule has 2 aromatic rings. The van der Waals surface area contributed by atoms with E-state index in [-0.39, 0.29) is 10.8 Å². The number of nitrogens with zero attached hydrogens (tertiary/aromatic N) is 2. The molecule has 0 saturated heterocycles. The molecule has 0 saturated carbocycles. The number of imidazole rings is 1. The van der Waals surface area contributed by atoms with Crippen molar-refractivity contribution in [2.24, 2.45) is 0 Å². The zero-order valence-electron chi connectivity index (χ0n) is 12.9. The molecule has 0 N–H and O–H groups in total. The topological polar surface area (TPSA) is 17.8 Å². The Bertz CT molecular complexity index is 548. The molecule has 0 spiro atoms. The first-order valence-corrected chi connectivity index (χ1v) is 6.83. The highest BCUT2D eigenvalue weighted by Gasteiger charge is 2.17. The van der Waals surface area contributed by atoms with Crippen LogP contribution in [0.1, 0.15) is 52.8 Å². The maximum atomic E-state index is 4.50. The predicted octanol–water partition coefficient (Wildman–Crippen LogP) is 4.47. The number of aromatic nitrogens is 2. The van der Waals surface area contributed by atoms with E-state index < -0.39 is 0 Å². The molecule has 102 valence electrons. The summed E-state index contributed by atoms with van der Waals surface area (Å²) in [4.78, 5) is 4.50. The van der Waals surface area contributed by atoms with Crippen LogP contribution in [-0.2, 0) is 10.8 Å².